The summed E-state index contributed by atoms with van der Waals surface area (Å²) in [6, 6.07) is 14.4. The Labute approximate surface area is 103 Å². The third-order valence-corrected chi connectivity index (χ3v) is 4.00. The summed E-state index contributed by atoms with van der Waals surface area (Å²) in [5.74, 6) is 1.89. The van der Waals surface area contributed by atoms with Crippen molar-refractivity contribution in [2.24, 2.45) is 0 Å². The molecule has 0 aliphatic carbocycles. The second-order valence-corrected chi connectivity index (χ2v) is 5.10. The maximum absolute atomic E-state index is 5.92. The molecule has 0 atom stereocenters. The normalized spacial score (nSPS) is 12.9. The lowest BCUT2D eigenvalue weighted by atomic mass is 10.2. The molecule has 2 nitrogen and oxygen atoms in total. The fourth-order valence-corrected chi connectivity index (χ4v) is 3.05. The summed E-state index contributed by atoms with van der Waals surface area (Å²) in [4.78, 5) is 5.56. The van der Waals surface area contributed by atoms with E-state index in [0.29, 0.717) is 0 Å². The fraction of sp³-hybridized carbons (Fsp3) is 0. The first-order chi connectivity index (χ1) is 8.40. The van der Waals surface area contributed by atoms with Crippen molar-refractivity contribution in [3.05, 3.63) is 48.7 Å². The summed E-state index contributed by atoms with van der Waals surface area (Å²) in [7, 11) is 0. The monoisotopic (exact) mass is 239 g/mol. The van der Waals surface area contributed by atoms with E-state index in [1.54, 1.807) is 11.8 Å². The number of hydrogen-bond acceptors (Lipinski definition) is 2. The van der Waals surface area contributed by atoms with Gasteiger partial charge in [0.15, 0.2) is 0 Å². The summed E-state index contributed by atoms with van der Waals surface area (Å²) < 4.78 is 5.92. The molecule has 0 bridgehead atoms. The van der Waals surface area contributed by atoms with Crippen LogP contribution in [0, 0.1) is 0 Å². The third kappa shape index (κ3) is 1.36. The van der Waals surface area contributed by atoms with Crippen LogP contribution >= 0.6 is 11.8 Å². The second-order valence-electron chi connectivity index (χ2n) is 4.01. The van der Waals surface area contributed by atoms with Gasteiger partial charge in [0.05, 0.1) is 9.79 Å². The lowest BCUT2D eigenvalue weighted by Gasteiger charge is -2.19. The van der Waals surface area contributed by atoms with Crippen LogP contribution in [-0.2, 0) is 0 Å². The standard InChI is InChI=1S/C14H9NOS/c1-2-4-13-11(3-1)16-12-7-9-5-6-15-10(9)8-14(12)17-13/h1-8,15H. The van der Waals surface area contributed by atoms with Gasteiger partial charge in [-0.15, -0.1) is 0 Å². The molecule has 82 valence electrons. The molecule has 1 aromatic heterocycles. The van der Waals surface area contributed by atoms with Crippen LogP contribution in [0.3, 0.4) is 0 Å². The van der Waals surface area contributed by atoms with Gasteiger partial charge in [0.1, 0.15) is 11.5 Å². The molecule has 0 fully saturated rings. The Morgan fingerprint density at radius 1 is 0.941 bits per heavy atom. The summed E-state index contributed by atoms with van der Waals surface area (Å²) in [5.41, 5.74) is 1.15. The zero-order chi connectivity index (χ0) is 11.2. The molecular formula is C14H9NOS. The molecule has 2 aromatic carbocycles. The number of rotatable bonds is 0. The van der Waals surface area contributed by atoms with Gasteiger partial charge in [-0.25, -0.2) is 0 Å². The Bertz CT molecular complexity index is 658. The Hall–Kier alpha value is -1.87. The van der Waals surface area contributed by atoms with Crippen LogP contribution in [0.4, 0.5) is 0 Å². The van der Waals surface area contributed by atoms with Crippen LogP contribution in [0.15, 0.2) is 58.5 Å². The number of aromatic amines is 1. The predicted octanol–water partition coefficient (Wildman–Crippen LogP) is 4.42. The minimum atomic E-state index is 0.944. The van der Waals surface area contributed by atoms with E-state index in [0.717, 1.165) is 17.0 Å². The van der Waals surface area contributed by atoms with Crippen molar-refractivity contribution in [1.82, 2.24) is 4.98 Å². The number of H-pyrrole nitrogens is 1. The molecule has 1 aliphatic rings. The van der Waals surface area contributed by atoms with Crippen molar-refractivity contribution < 1.29 is 4.74 Å². The van der Waals surface area contributed by atoms with E-state index in [1.165, 1.54) is 15.2 Å². The molecule has 3 heteroatoms. The van der Waals surface area contributed by atoms with Gasteiger partial charge < -0.3 is 9.72 Å². The highest BCUT2D eigenvalue weighted by molar-refractivity contribution is 7.99. The van der Waals surface area contributed by atoms with Crippen molar-refractivity contribution in [2.45, 2.75) is 9.79 Å². The van der Waals surface area contributed by atoms with Gasteiger partial charge >= 0.3 is 0 Å². The minimum absolute atomic E-state index is 0.944. The molecule has 0 unspecified atom stereocenters. The summed E-state index contributed by atoms with van der Waals surface area (Å²) in [6.45, 7) is 0. The third-order valence-electron chi connectivity index (χ3n) is 2.91. The highest BCUT2D eigenvalue weighted by Gasteiger charge is 2.17. The molecule has 17 heavy (non-hydrogen) atoms. The van der Waals surface area contributed by atoms with Crippen LogP contribution in [0.25, 0.3) is 10.9 Å². The fourth-order valence-electron chi connectivity index (χ4n) is 2.08. The average molecular weight is 239 g/mol. The van der Waals surface area contributed by atoms with E-state index < -0.39 is 0 Å². The molecule has 1 aliphatic heterocycles. The average Bonchev–Trinajstić information content (AvgIpc) is 2.80. The van der Waals surface area contributed by atoms with E-state index in [4.69, 9.17) is 4.74 Å². The maximum Gasteiger partial charge on any atom is 0.142 e. The Morgan fingerprint density at radius 3 is 2.88 bits per heavy atom. The molecule has 0 spiro atoms. The first kappa shape index (κ1) is 9.19. The van der Waals surface area contributed by atoms with Crippen molar-refractivity contribution in [3.8, 4) is 11.5 Å². The van der Waals surface area contributed by atoms with Gasteiger partial charge in [0.25, 0.3) is 0 Å². The van der Waals surface area contributed by atoms with Crippen LogP contribution in [-0.4, -0.2) is 4.98 Å². The Kier molecular flexibility index (Phi) is 1.79. The van der Waals surface area contributed by atoms with Crippen molar-refractivity contribution in [3.63, 3.8) is 0 Å². The van der Waals surface area contributed by atoms with Gasteiger partial charge in [0, 0.05) is 17.1 Å². The van der Waals surface area contributed by atoms with E-state index in [9.17, 15) is 0 Å². The number of hydrogen-bond donors (Lipinski definition) is 1. The lowest BCUT2D eigenvalue weighted by Crippen LogP contribution is -1.94. The van der Waals surface area contributed by atoms with Gasteiger partial charge in [0.2, 0.25) is 0 Å². The minimum Gasteiger partial charge on any atom is -0.455 e. The highest BCUT2D eigenvalue weighted by Crippen LogP contribution is 2.47. The van der Waals surface area contributed by atoms with E-state index in [-0.39, 0.29) is 0 Å². The quantitative estimate of drug-likeness (QED) is 0.491. The molecule has 0 radical (unpaired) electrons. The van der Waals surface area contributed by atoms with Crippen LogP contribution < -0.4 is 4.74 Å². The molecule has 0 saturated carbocycles. The number of para-hydroxylation sites is 1. The molecule has 4 rings (SSSR count). The van der Waals surface area contributed by atoms with Gasteiger partial charge in [-0.3, -0.25) is 0 Å². The van der Waals surface area contributed by atoms with Crippen molar-refractivity contribution in [2.75, 3.05) is 0 Å². The van der Waals surface area contributed by atoms with Crippen LogP contribution in [0.5, 0.6) is 11.5 Å². The molecular weight excluding hydrogens is 230 g/mol. The zero-order valence-electron chi connectivity index (χ0n) is 8.94. The number of nitrogens with one attached hydrogen (secondary N) is 1. The zero-order valence-corrected chi connectivity index (χ0v) is 9.75. The van der Waals surface area contributed by atoms with Gasteiger partial charge in [-0.1, -0.05) is 23.9 Å². The van der Waals surface area contributed by atoms with E-state index >= 15 is 0 Å². The summed E-state index contributed by atoms with van der Waals surface area (Å²) in [6.07, 6.45) is 1.95. The molecule has 1 N–H and O–H groups in total. The summed E-state index contributed by atoms with van der Waals surface area (Å²) in [5, 5.41) is 1.18. The number of benzene rings is 2. The Morgan fingerprint density at radius 2 is 1.88 bits per heavy atom. The predicted molar refractivity (Wildman–Crippen MR) is 68.9 cm³/mol. The van der Waals surface area contributed by atoms with Gasteiger partial charge in [-0.2, -0.15) is 0 Å². The molecule has 3 aromatic rings. The number of fused-ring (bicyclic) bond motifs is 3. The van der Waals surface area contributed by atoms with Crippen LogP contribution in [0.2, 0.25) is 0 Å². The van der Waals surface area contributed by atoms with Gasteiger partial charge in [-0.05, 0) is 30.3 Å². The van der Waals surface area contributed by atoms with E-state index in [1.807, 2.05) is 24.4 Å². The molecule has 0 saturated heterocycles. The van der Waals surface area contributed by atoms with E-state index in [2.05, 4.69) is 29.2 Å². The van der Waals surface area contributed by atoms with Crippen molar-refractivity contribution in [1.29, 1.82) is 0 Å². The summed E-state index contributed by atoms with van der Waals surface area (Å²) >= 11 is 1.76. The highest BCUT2D eigenvalue weighted by atomic mass is 32.2. The Balaban J connectivity index is 1.93. The first-order valence-corrected chi connectivity index (χ1v) is 6.28. The number of aromatic nitrogens is 1. The lowest BCUT2D eigenvalue weighted by molar-refractivity contribution is 0.455. The molecule has 2 heterocycles. The number of ether oxygens (including phenoxy) is 1. The SMILES string of the molecule is c1ccc2c(c1)Oc1cc3cc[nH]c3cc1S2. The topological polar surface area (TPSA) is 25.0 Å². The second kappa shape index (κ2) is 3.31. The maximum atomic E-state index is 5.92. The van der Waals surface area contributed by atoms with Crippen molar-refractivity contribution >= 4 is 22.7 Å². The molecule has 0 amide bonds. The largest absolute Gasteiger partial charge is 0.455 e. The smallest absolute Gasteiger partial charge is 0.142 e. The van der Waals surface area contributed by atoms with Crippen LogP contribution in [0.1, 0.15) is 0 Å². The first-order valence-electron chi connectivity index (χ1n) is 5.46.